The number of hydrogen-bond donors (Lipinski definition) is 2. The van der Waals surface area contributed by atoms with E-state index in [0.717, 1.165) is 31.4 Å². The molecule has 0 spiro atoms. The molecular weight excluding hydrogens is 176 g/mol. The molecule has 0 aromatic rings. The van der Waals surface area contributed by atoms with Crippen molar-refractivity contribution in [2.45, 2.75) is 44.6 Å². The van der Waals surface area contributed by atoms with E-state index in [-0.39, 0.29) is 5.54 Å². The van der Waals surface area contributed by atoms with E-state index in [0.29, 0.717) is 0 Å². The van der Waals surface area contributed by atoms with E-state index < -0.39 is 0 Å². The molecule has 0 radical (unpaired) electrons. The number of hydrogen-bond acceptors (Lipinski definition) is 3. The molecule has 2 aliphatic carbocycles. The second-order valence-corrected chi connectivity index (χ2v) is 4.74. The van der Waals surface area contributed by atoms with Crippen LogP contribution in [0.4, 0.5) is 0 Å². The molecule has 0 atom stereocenters. The highest BCUT2D eigenvalue weighted by atomic mass is 16.6. The van der Waals surface area contributed by atoms with Gasteiger partial charge < -0.3 is 10.6 Å². The molecule has 3 N–H and O–H groups in total. The first-order valence-corrected chi connectivity index (χ1v) is 5.91. The van der Waals surface area contributed by atoms with Gasteiger partial charge in [-0.05, 0) is 50.9 Å². The van der Waals surface area contributed by atoms with Crippen molar-refractivity contribution >= 4 is 0 Å². The minimum Gasteiger partial charge on any atom is -0.325 e. The zero-order valence-corrected chi connectivity index (χ0v) is 9.09. The van der Waals surface area contributed by atoms with Crippen molar-refractivity contribution in [3.63, 3.8) is 0 Å². The Hall–Kier alpha value is -0.120. The van der Waals surface area contributed by atoms with Crippen LogP contribution >= 0.6 is 0 Å². The average molecular weight is 198 g/mol. The summed E-state index contributed by atoms with van der Waals surface area (Å²) in [5, 5.41) is 0. The van der Waals surface area contributed by atoms with E-state index in [1.54, 1.807) is 0 Å². The first-order chi connectivity index (χ1) is 6.77. The fourth-order valence-corrected chi connectivity index (χ4v) is 2.42. The zero-order chi connectivity index (χ0) is 10.0. The van der Waals surface area contributed by atoms with Crippen LogP contribution in [0, 0.1) is 11.8 Å². The van der Waals surface area contributed by atoms with Crippen LogP contribution in [-0.4, -0.2) is 18.7 Å². The molecule has 0 bridgehead atoms. The van der Waals surface area contributed by atoms with Crippen LogP contribution in [0.3, 0.4) is 0 Å². The first-order valence-electron chi connectivity index (χ1n) is 5.91. The van der Waals surface area contributed by atoms with E-state index in [1.807, 2.05) is 6.92 Å². The summed E-state index contributed by atoms with van der Waals surface area (Å²) in [7, 11) is 0. The Morgan fingerprint density at radius 2 is 1.86 bits per heavy atom. The fourth-order valence-electron chi connectivity index (χ4n) is 2.42. The molecule has 0 aliphatic heterocycles. The lowest BCUT2D eigenvalue weighted by Gasteiger charge is -2.29. The van der Waals surface area contributed by atoms with Gasteiger partial charge in [0.25, 0.3) is 0 Å². The van der Waals surface area contributed by atoms with Crippen LogP contribution in [0.2, 0.25) is 0 Å². The van der Waals surface area contributed by atoms with Gasteiger partial charge in [0.1, 0.15) is 0 Å². The highest BCUT2D eigenvalue weighted by Crippen LogP contribution is 2.51. The lowest BCUT2D eigenvalue weighted by atomic mass is 9.85. The lowest BCUT2D eigenvalue weighted by molar-refractivity contribution is 0.0444. The third-order valence-corrected chi connectivity index (χ3v) is 3.58. The highest BCUT2D eigenvalue weighted by Gasteiger charge is 2.50. The molecule has 2 fully saturated rings. The third-order valence-electron chi connectivity index (χ3n) is 3.58. The molecule has 14 heavy (non-hydrogen) atoms. The number of nitrogens with one attached hydrogen (secondary N) is 1. The number of rotatable bonds is 7. The Labute approximate surface area is 86.3 Å². The molecule has 3 nitrogen and oxygen atoms in total. The molecule has 0 saturated heterocycles. The van der Waals surface area contributed by atoms with E-state index in [4.69, 9.17) is 10.6 Å². The Morgan fingerprint density at radius 3 is 2.29 bits per heavy atom. The van der Waals surface area contributed by atoms with Crippen molar-refractivity contribution in [2.24, 2.45) is 17.6 Å². The van der Waals surface area contributed by atoms with Crippen LogP contribution in [0.25, 0.3) is 0 Å². The molecule has 0 aromatic heterocycles. The second kappa shape index (κ2) is 4.17. The van der Waals surface area contributed by atoms with Gasteiger partial charge in [-0.15, -0.1) is 0 Å². The summed E-state index contributed by atoms with van der Waals surface area (Å²) in [6.45, 7) is 3.62. The molecule has 2 rings (SSSR count). The second-order valence-electron chi connectivity index (χ2n) is 4.74. The summed E-state index contributed by atoms with van der Waals surface area (Å²) in [6.07, 6.45) is 6.47. The standard InChI is InChI=1S/C11H22N2O/c1-2-14-13-8-7-11(12,9-3-4-9)10-5-6-10/h9-10,13H,2-8,12H2,1H3. The summed E-state index contributed by atoms with van der Waals surface area (Å²) in [5.74, 6) is 1.61. The van der Waals surface area contributed by atoms with Crippen molar-refractivity contribution in [1.29, 1.82) is 0 Å². The van der Waals surface area contributed by atoms with Gasteiger partial charge in [-0.2, -0.15) is 0 Å². The Morgan fingerprint density at radius 1 is 1.29 bits per heavy atom. The smallest absolute Gasteiger partial charge is 0.0653 e. The maximum Gasteiger partial charge on any atom is 0.0653 e. The van der Waals surface area contributed by atoms with Crippen molar-refractivity contribution in [1.82, 2.24) is 5.48 Å². The van der Waals surface area contributed by atoms with Crippen molar-refractivity contribution in [3.05, 3.63) is 0 Å². The Balaban J connectivity index is 1.73. The fraction of sp³-hybridized carbons (Fsp3) is 1.00. The van der Waals surface area contributed by atoms with Gasteiger partial charge in [0.15, 0.2) is 0 Å². The summed E-state index contributed by atoms with van der Waals surface area (Å²) >= 11 is 0. The zero-order valence-electron chi connectivity index (χ0n) is 9.09. The third kappa shape index (κ3) is 2.27. The van der Waals surface area contributed by atoms with Gasteiger partial charge >= 0.3 is 0 Å². The van der Waals surface area contributed by atoms with Gasteiger partial charge in [0.05, 0.1) is 6.61 Å². The highest BCUT2D eigenvalue weighted by molar-refractivity contribution is 5.07. The van der Waals surface area contributed by atoms with E-state index in [2.05, 4.69) is 5.48 Å². The van der Waals surface area contributed by atoms with Gasteiger partial charge in [-0.1, -0.05) is 0 Å². The van der Waals surface area contributed by atoms with E-state index in [1.165, 1.54) is 25.7 Å². The van der Waals surface area contributed by atoms with Gasteiger partial charge in [-0.3, -0.25) is 0 Å². The predicted molar refractivity (Wildman–Crippen MR) is 56.6 cm³/mol. The SMILES string of the molecule is CCONCCC(N)(C1CC1)C1CC1. The van der Waals surface area contributed by atoms with Gasteiger partial charge in [0.2, 0.25) is 0 Å². The molecule has 2 saturated carbocycles. The summed E-state index contributed by atoms with van der Waals surface area (Å²) in [5.41, 5.74) is 9.60. The minimum absolute atomic E-state index is 0.129. The van der Waals surface area contributed by atoms with Gasteiger partial charge in [0, 0.05) is 12.1 Å². The summed E-state index contributed by atoms with van der Waals surface area (Å²) in [6, 6.07) is 0. The molecule has 0 amide bonds. The van der Waals surface area contributed by atoms with Crippen LogP contribution in [-0.2, 0) is 4.84 Å². The van der Waals surface area contributed by atoms with Crippen LogP contribution in [0.5, 0.6) is 0 Å². The maximum atomic E-state index is 6.50. The Kier molecular flexibility index (Phi) is 3.10. The largest absolute Gasteiger partial charge is 0.325 e. The lowest BCUT2D eigenvalue weighted by Crippen LogP contribution is -2.46. The van der Waals surface area contributed by atoms with Crippen LogP contribution in [0.1, 0.15) is 39.0 Å². The monoisotopic (exact) mass is 198 g/mol. The van der Waals surface area contributed by atoms with Crippen molar-refractivity contribution in [2.75, 3.05) is 13.2 Å². The molecule has 3 heteroatoms. The van der Waals surface area contributed by atoms with E-state index in [9.17, 15) is 0 Å². The predicted octanol–water partition coefficient (Wildman–Crippen LogP) is 1.44. The topological polar surface area (TPSA) is 47.3 Å². The normalized spacial score (nSPS) is 22.7. The maximum absolute atomic E-state index is 6.50. The van der Waals surface area contributed by atoms with E-state index >= 15 is 0 Å². The van der Waals surface area contributed by atoms with Gasteiger partial charge in [-0.25, -0.2) is 5.48 Å². The minimum atomic E-state index is 0.129. The number of hydroxylamine groups is 1. The Bertz CT molecular complexity index is 176. The first kappa shape index (κ1) is 10.4. The molecule has 2 aliphatic rings. The quantitative estimate of drug-likeness (QED) is 0.480. The molecule has 0 unspecified atom stereocenters. The van der Waals surface area contributed by atoms with Crippen LogP contribution in [0.15, 0.2) is 0 Å². The molecule has 0 heterocycles. The number of nitrogens with two attached hydrogens (primary N) is 1. The molecular formula is C11H22N2O. The van der Waals surface area contributed by atoms with Crippen molar-refractivity contribution < 1.29 is 4.84 Å². The van der Waals surface area contributed by atoms with Crippen LogP contribution < -0.4 is 11.2 Å². The summed E-state index contributed by atoms with van der Waals surface area (Å²) < 4.78 is 0. The summed E-state index contributed by atoms with van der Waals surface area (Å²) in [4.78, 5) is 5.12. The van der Waals surface area contributed by atoms with Crippen molar-refractivity contribution in [3.8, 4) is 0 Å². The molecule has 0 aromatic carbocycles. The average Bonchev–Trinajstić information content (AvgIpc) is 3.06. The molecule has 82 valence electrons.